The average Bonchev–Trinajstić information content (AvgIpc) is 3.46. The first-order valence-corrected chi connectivity index (χ1v) is 11.3. The molecule has 6 rings (SSSR count). The van der Waals surface area contributed by atoms with E-state index in [0.29, 0.717) is 22.4 Å². The lowest BCUT2D eigenvalue weighted by atomic mass is 10.1. The Bertz CT molecular complexity index is 1740. The molecule has 0 aliphatic carbocycles. The van der Waals surface area contributed by atoms with E-state index in [1.54, 1.807) is 18.2 Å². The number of benzene rings is 4. The Balaban J connectivity index is 1.41. The molecule has 180 valence electrons. The number of methoxy groups -OCH3 is 1. The number of aromatic carboxylic acids is 1. The second-order valence-electron chi connectivity index (χ2n) is 8.46. The molecule has 1 aliphatic rings. The number of carbonyl (C=O) groups excluding carboxylic acids is 2. The number of hydrogen-bond acceptors (Lipinski definition) is 6. The van der Waals surface area contributed by atoms with Crippen molar-refractivity contribution in [1.29, 1.82) is 0 Å². The van der Waals surface area contributed by atoms with E-state index in [1.807, 2.05) is 48.5 Å². The van der Waals surface area contributed by atoms with E-state index < -0.39 is 17.8 Å². The fraction of sp³-hybridized carbons (Fsp3) is 0.0345. The van der Waals surface area contributed by atoms with E-state index >= 15 is 0 Å². The summed E-state index contributed by atoms with van der Waals surface area (Å²) in [5.74, 6) is -1.62. The zero-order valence-electron chi connectivity index (χ0n) is 19.5. The summed E-state index contributed by atoms with van der Waals surface area (Å²) in [6.07, 6.45) is 0. The minimum atomic E-state index is -1.18. The van der Waals surface area contributed by atoms with E-state index in [9.17, 15) is 19.5 Å². The Morgan fingerprint density at radius 2 is 1.62 bits per heavy atom. The summed E-state index contributed by atoms with van der Waals surface area (Å²) < 4.78 is 11.5. The SMILES string of the molecule is COc1ccc(N2C(=O)c3ccc(C(=O)O)cc3C2=O)cc1-c1nc2cc(-c3ccccc3)ccc2o1. The van der Waals surface area contributed by atoms with Gasteiger partial charge in [0.25, 0.3) is 11.8 Å². The van der Waals surface area contributed by atoms with Gasteiger partial charge in [-0.2, -0.15) is 0 Å². The van der Waals surface area contributed by atoms with Crippen LogP contribution in [0.25, 0.3) is 33.7 Å². The Labute approximate surface area is 210 Å². The number of amides is 2. The molecule has 0 atom stereocenters. The van der Waals surface area contributed by atoms with Crippen molar-refractivity contribution in [3.8, 4) is 28.3 Å². The second kappa shape index (κ2) is 8.46. The number of nitrogens with zero attached hydrogens (tertiary/aromatic N) is 2. The van der Waals surface area contributed by atoms with Gasteiger partial charge in [-0.1, -0.05) is 36.4 Å². The maximum atomic E-state index is 13.1. The normalized spacial score (nSPS) is 12.7. The highest BCUT2D eigenvalue weighted by Crippen LogP contribution is 2.38. The Kier molecular flexibility index (Phi) is 5.08. The van der Waals surface area contributed by atoms with Crippen molar-refractivity contribution in [3.05, 3.63) is 102 Å². The van der Waals surface area contributed by atoms with Crippen LogP contribution in [0.2, 0.25) is 0 Å². The summed E-state index contributed by atoms with van der Waals surface area (Å²) in [7, 11) is 1.50. The third kappa shape index (κ3) is 3.63. The van der Waals surface area contributed by atoms with Gasteiger partial charge < -0.3 is 14.3 Å². The van der Waals surface area contributed by atoms with Crippen LogP contribution in [-0.2, 0) is 0 Å². The van der Waals surface area contributed by atoms with Crippen LogP contribution in [-0.4, -0.2) is 35.0 Å². The summed E-state index contributed by atoms with van der Waals surface area (Å²) in [5.41, 5.74) is 4.10. The lowest BCUT2D eigenvalue weighted by molar-refractivity contribution is 0.0696. The minimum Gasteiger partial charge on any atom is -0.496 e. The zero-order valence-corrected chi connectivity index (χ0v) is 19.5. The van der Waals surface area contributed by atoms with Gasteiger partial charge in [0, 0.05) is 0 Å². The molecule has 1 N–H and O–H groups in total. The lowest BCUT2D eigenvalue weighted by Crippen LogP contribution is -2.29. The number of carboxylic acids is 1. The average molecular weight is 490 g/mol. The standard InChI is InChI=1S/C29H18N2O6/c1-36-24-12-9-19(31-27(32)20-10-7-18(29(34)35)13-21(20)28(31)33)15-22(24)26-30-23-14-17(8-11-25(23)37-26)16-5-3-2-4-6-16/h2-15H,1H3,(H,34,35). The Morgan fingerprint density at radius 1 is 0.838 bits per heavy atom. The fourth-order valence-electron chi connectivity index (χ4n) is 4.46. The van der Waals surface area contributed by atoms with Crippen molar-refractivity contribution < 1.29 is 28.6 Å². The molecule has 0 bridgehead atoms. The first-order valence-electron chi connectivity index (χ1n) is 11.3. The van der Waals surface area contributed by atoms with Gasteiger partial charge in [-0.05, 0) is 59.7 Å². The smallest absolute Gasteiger partial charge is 0.335 e. The number of fused-ring (bicyclic) bond motifs is 2. The van der Waals surface area contributed by atoms with Crippen LogP contribution < -0.4 is 9.64 Å². The van der Waals surface area contributed by atoms with Gasteiger partial charge in [-0.3, -0.25) is 9.59 Å². The molecule has 0 saturated heterocycles. The quantitative estimate of drug-likeness (QED) is 0.316. The Hall–Kier alpha value is -5.24. The van der Waals surface area contributed by atoms with E-state index in [1.165, 1.54) is 25.3 Å². The van der Waals surface area contributed by atoms with Crippen LogP contribution in [0.1, 0.15) is 31.1 Å². The molecule has 0 fully saturated rings. The molecule has 0 unspecified atom stereocenters. The number of aromatic nitrogens is 1. The number of carboxylic acid groups (broad SMARTS) is 1. The molecular weight excluding hydrogens is 472 g/mol. The van der Waals surface area contributed by atoms with Crippen LogP contribution in [0.5, 0.6) is 5.75 Å². The van der Waals surface area contributed by atoms with Crippen LogP contribution in [0.3, 0.4) is 0 Å². The second-order valence-corrected chi connectivity index (χ2v) is 8.46. The van der Waals surface area contributed by atoms with E-state index in [0.717, 1.165) is 16.0 Å². The van der Waals surface area contributed by atoms with Gasteiger partial charge in [0.15, 0.2) is 5.58 Å². The van der Waals surface area contributed by atoms with Crippen LogP contribution in [0.4, 0.5) is 5.69 Å². The van der Waals surface area contributed by atoms with Crippen molar-refractivity contribution in [2.75, 3.05) is 12.0 Å². The molecular formula is C29H18N2O6. The molecule has 1 aliphatic heterocycles. The van der Waals surface area contributed by atoms with E-state index in [4.69, 9.17) is 9.15 Å². The lowest BCUT2D eigenvalue weighted by Gasteiger charge is -2.16. The van der Waals surface area contributed by atoms with Crippen LogP contribution in [0.15, 0.2) is 89.3 Å². The summed E-state index contributed by atoms with van der Waals surface area (Å²) in [4.78, 5) is 43.2. The number of hydrogen-bond donors (Lipinski definition) is 1. The molecule has 2 heterocycles. The van der Waals surface area contributed by atoms with Crippen molar-refractivity contribution in [3.63, 3.8) is 0 Å². The first-order chi connectivity index (χ1) is 17.9. The maximum Gasteiger partial charge on any atom is 0.335 e. The van der Waals surface area contributed by atoms with E-state index in [2.05, 4.69) is 4.98 Å². The van der Waals surface area contributed by atoms with E-state index in [-0.39, 0.29) is 28.3 Å². The third-order valence-corrected chi connectivity index (χ3v) is 6.30. The highest BCUT2D eigenvalue weighted by Gasteiger charge is 2.37. The molecule has 0 saturated carbocycles. The predicted octanol–water partition coefficient (Wildman–Crippen LogP) is 5.67. The largest absolute Gasteiger partial charge is 0.496 e. The summed E-state index contributed by atoms with van der Waals surface area (Å²) >= 11 is 0. The molecule has 0 spiro atoms. The van der Waals surface area contributed by atoms with Crippen molar-refractivity contribution in [2.45, 2.75) is 0 Å². The van der Waals surface area contributed by atoms with Gasteiger partial charge in [-0.25, -0.2) is 14.7 Å². The number of anilines is 1. The summed E-state index contributed by atoms with van der Waals surface area (Å²) in [6, 6.07) is 24.3. The summed E-state index contributed by atoms with van der Waals surface area (Å²) in [6.45, 7) is 0. The van der Waals surface area contributed by atoms with Crippen molar-refractivity contribution in [1.82, 2.24) is 4.98 Å². The summed E-state index contributed by atoms with van der Waals surface area (Å²) in [5, 5.41) is 9.27. The fourth-order valence-corrected chi connectivity index (χ4v) is 4.46. The topological polar surface area (TPSA) is 110 Å². The molecule has 4 aromatic carbocycles. The van der Waals surface area contributed by atoms with Crippen molar-refractivity contribution in [2.24, 2.45) is 0 Å². The zero-order chi connectivity index (χ0) is 25.7. The van der Waals surface area contributed by atoms with Crippen LogP contribution >= 0.6 is 0 Å². The number of imide groups is 1. The molecule has 8 heteroatoms. The molecule has 0 radical (unpaired) electrons. The van der Waals surface area contributed by atoms with Crippen LogP contribution in [0, 0.1) is 0 Å². The molecule has 1 aromatic heterocycles. The van der Waals surface area contributed by atoms with Gasteiger partial charge in [0.05, 0.1) is 35.1 Å². The van der Waals surface area contributed by atoms with Gasteiger partial charge in [0.1, 0.15) is 11.3 Å². The number of rotatable bonds is 5. The minimum absolute atomic E-state index is 0.0394. The molecule has 37 heavy (non-hydrogen) atoms. The first kappa shape index (κ1) is 22.2. The molecule has 5 aromatic rings. The third-order valence-electron chi connectivity index (χ3n) is 6.30. The monoisotopic (exact) mass is 490 g/mol. The number of oxazole rings is 1. The highest BCUT2D eigenvalue weighted by molar-refractivity contribution is 6.34. The highest BCUT2D eigenvalue weighted by atomic mass is 16.5. The van der Waals surface area contributed by atoms with Crippen molar-refractivity contribution >= 4 is 34.6 Å². The van der Waals surface area contributed by atoms with Gasteiger partial charge >= 0.3 is 5.97 Å². The van der Waals surface area contributed by atoms with Gasteiger partial charge in [-0.15, -0.1) is 0 Å². The van der Waals surface area contributed by atoms with Gasteiger partial charge in [0.2, 0.25) is 5.89 Å². The predicted molar refractivity (Wildman–Crippen MR) is 136 cm³/mol. The number of ether oxygens (including phenoxy) is 1. The Morgan fingerprint density at radius 3 is 2.38 bits per heavy atom. The molecule has 2 amide bonds. The maximum absolute atomic E-state index is 13.1. The molecule has 8 nitrogen and oxygen atoms in total. The number of carbonyl (C=O) groups is 3.